The van der Waals surface area contributed by atoms with Crippen LogP contribution in [0.15, 0.2) is 4.99 Å². The quantitative estimate of drug-likeness (QED) is 0.775. The molecule has 0 aromatic heterocycles. The van der Waals surface area contributed by atoms with Crippen molar-refractivity contribution in [3.63, 3.8) is 0 Å². The molecule has 9 heteroatoms. The summed E-state index contributed by atoms with van der Waals surface area (Å²) < 4.78 is 28.5. The summed E-state index contributed by atoms with van der Waals surface area (Å²) in [6, 6.07) is 0.122. The van der Waals surface area contributed by atoms with Crippen LogP contribution in [0.25, 0.3) is 0 Å². The van der Waals surface area contributed by atoms with Gasteiger partial charge in [0.2, 0.25) is 0 Å². The summed E-state index contributed by atoms with van der Waals surface area (Å²) in [5.74, 6) is 0.985. The molecule has 0 bridgehead atoms. The lowest BCUT2D eigenvalue weighted by Crippen LogP contribution is -2.57. The predicted octanol–water partition coefficient (Wildman–Crippen LogP) is 0.302. The third-order valence-corrected chi connectivity index (χ3v) is 5.70. The first kappa shape index (κ1) is 18.8. The van der Waals surface area contributed by atoms with E-state index >= 15 is 0 Å². The zero-order valence-corrected chi connectivity index (χ0v) is 15.7. The van der Waals surface area contributed by atoms with Crippen molar-refractivity contribution in [1.82, 2.24) is 15.1 Å². The summed E-state index contributed by atoms with van der Waals surface area (Å²) in [5.41, 5.74) is -0.502. The van der Waals surface area contributed by atoms with E-state index in [1.165, 1.54) is 0 Å². The molecule has 0 aromatic rings. The first-order chi connectivity index (χ1) is 11.1. The number of carbonyl (C=O) groups excluding carboxylic acids is 1. The molecule has 1 fully saturated rings. The van der Waals surface area contributed by atoms with Crippen molar-refractivity contribution >= 4 is 21.9 Å². The Morgan fingerprint density at radius 2 is 2.08 bits per heavy atom. The molecule has 1 amide bonds. The van der Waals surface area contributed by atoms with Crippen LogP contribution in [-0.2, 0) is 14.6 Å². The second-order valence-corrected chi connectivity index (χ2v) is 9.57. The van der Waals surface area contributed by atoms with Crippen molar-refractivity contribution in [3.05, 3.63) is 0 Å². The molecule has 8 nitrogen and oxygen atoms in total. The highest BCUT2D eigenvalue weighted by molar-refractivity contribution is 7.91. The van der Waals surface area contributed by atoms with Crippen LogP contribution in [0.2, 0.25) is 0 Å². The van der Waals surface area contributed by atoms with Gasteiger partial charge in [0.1, 0.15) is 5.60 Å². The van der Waals surface area contributed by atoms with Crippen LogP contribution >= 0.6 is 0 Å². The van der Waals surface area contributed by atoms with Crippen molar-refractivity contribution in [2.75, 3.05) is 44.2 Å². The van der Waals surface area contributed by atoms with Gasteiger partial charge in [0.05, 0.1) is 18.3 Å². The number of ether oxygens (including phenoxy) is 1. The van der Waals surface area contributed by atoms with E-state index in [0.717, 1.165) is 5.96 Å². The minimum absolute atomic E-state index is 0.102. The van der Waals surface area contributed by atoms with Gasteiger partial charge in [0.25, 0.3) is 0 Å². The molecule has 1 N–H and O–H groups in total. The van der Waals surface area contributed by atoms with E-state index in [0.29, 0.717) is 32.7 Å². The van der Waals surface area contributed by atoms with Crippen LogP contribution in [0, 0.1) is 0 Å². The molecule has 2 aliphatic rings. The molecule has 2 aliphatic heterocycles. The molecular formula is C15H28N4O4S. The van der Waals surface area contributed by atoms with Crippen molar-refractivity contribution in [1.29, 1.82) is 0 Å². The van der Waals surface area contributed by atoms with E-state index in [1.54, 1.807) is 11.8 Å². The predicted molar refractivity (Wildman–Crippen MR) is 92.9 cm³/mol. The van der Waals surface area contributed by atoms with Gasteiger partial charge in [0.15, 0.2) is 15.8 Å². The van der Waals surface area contributed by atoms with Gasteiger partial charge in [-0.15, -0.1) is 0 Å². The number of hydrogen-bond acceptors (Lipinski definition) is 7. The first-order valence-corrected chi connectivity index (χ1v) is 10.2. The lowest BCUT2D eigenvalue weighted by Gasteiger charge is -2.39. The van der Waals surface area contributed by atoms with E-state index in [4.69, 9.17) is 4.74 Å². The first-order valence-electron chi connectivity index (χ1n) is 8.34. The Kier molecular flexibility index (Phi) is 5.62. The lowest BCUT2D eigenvalue weighted by molar-refractivity contribution is 0.0137. The van der Waals surface area contributed by atoms with Gasteiger partial charge in [-0.25, -0.2) is 13.2 Å². The second-order valence-electron chi connectivity index (χ2n) is 7.10. The number of carbonyl (C=O) groups is 1. The highest BCUT2D eigenvalue weighted by atomic mass is 32.2. The van der Waals surface area contributed by atoms with Crippen molar-refractivity contribution < 1.29 is 17.9 Å². The van der Waals surface area contributed by atoms with Crippen LogP contribution < -0.4 is 5.32 Å². The number of rotatable bonds is 4. The maximum atomic E-state index is 12.2. The highest BCUT2D eigenvalue weighted by Gasteiger charge is 2.36. The standard InChI is InChI=1S/C15H28N4O4S/c1-5-24(21,22)9-6-16-13-17-10-12-11-18(7-8-19(12)13)14(20)23-15(2,3)4/h12H,5-11H2,1-4H3,(H,16,17). The van der Waals surface area contributed by atoms with Gasteiger partial charge in [-0.1, -0.05) is 6.92 Å². The van der Waals surface area contributed by atoms with Crippen molar-refractivity contribution in [2.24, 2.45) is 4.99 Å². The molecule has 1 atom stereocenters. The van der Waals surface area contributed by atoms with Crippen LogP contribution in [-0.4, -0.2) is 86.1 Å². The molecule has 2 heterocycles. The van der Waals surface area contributed by atoms with Crippen LogP contribution in [0.5, 0.6) is 0 Å². The molecule has 1 saturated heterocycles. The summed E-state index contributed by atoms with van der Waals surface area (Å²) in [5, 5.41) is 3.12. The number of fused-ring (bicyclic) bond motifs is 1. The van der Waals surface area contributed by atoms with Gasteiger partial charge >= 0.3 is 6.09 Å². The lowest BCUT2D eigenvalue weighted by atomic mass is 10.2. The summed E-state index contributed by atoms with van der Waals surface area (Å²) in [6.07, 6.45) is -0.294. The molecule has 1 unspecified atom stereocenters. The Morgan fingerprint density at radius 1 is 1.38 bits per heavy atom. The summed E-state index contributed by atoms with van der Waals surface area (Å²) in [6.45, 7) is 9.96. The van der Waals surface area contributed by atoms with Crippen molar-refractivity contribution in [3.8, 4) is 0 Å². The smallest absolute Gasteiger partial charge is 0.410 e. The van der Waals surface area contributed by atoms with E-state index in [2.05, 4.69) is 15.2 Å². The monoisotopic (exact) mass is 360 g/mol. The summed E-state index contributed by atoms with van der Waals surface area (Å²) in [7, 11) is -2.98. The molecule has 2 rings (SSSR count). The Balaban J connectivity index is 1.83. The Hall–Kier alpha value is -1.51. The van der Waals surface area contributed by atoms with Gasteiger partial charge in [-0.2, -0.15) is 0 Å². The zero-order chi connectivity index (χ0) is 18.0. The molecule has 0 saturated carbocycles. The number of nitrogens with zero attached hydrogens (tertiary/aromatic N) is 3. The van der Waals surface area contributed by atoms with Crippen LogP contribution in [0.1, 0.15) is 27.7 Å². The van der Waals surface area contributed by atoms with Gasteiger partial charge in [0, 0.05) is 31.9 Å². The Bertz CT molecular complexity index is 597. The maximum absolute atomic E-state index is 12.2. The topological polar surface area (TPSA) is 91.3 Å². The molecule has 0 radical (unpaired) electrons. The SMILES string of the molecule is CCS(=O)(=O)CCNC1=NCC2CN(C(=O)OC(C)(C)C)CCN12. The fourth-order valence-electron chi connectivity index (χ4n) is 2.69. The zero-order valence-electron chi connectivity index (χ0n) is 14.9. The number of hydrogen-bond donors (Lipinski definition) is 1. The van der Waals surface area contributed by atoms with Gasteiger partial charge < -0.3 is 19.9 Å². The molecule has 138 valence electrons. The highest BCUT2D eigenvalue weighted by Crippen LogP contribution is 2.18. The average Bonchev–Trinajstić information content (AvgIpc) is 2.88. The average molecular weight is 360 g/mol. The minimum Gasteiger partial charge on any atom is -0.444 e. The number of amides is 1. The number of sulfone groups is 1. The number of aliphatic imine (C=N–C) groups is 1. The molecule has 0 spiro atoms. The fraction of sp³-hybridized carbons (Fsp3) is 0.867. The van der Waals surface area contributed by atoms with E-state index in [-0.39, 0.29) is 23.6 Å². The normalized spacial score (nSPS) is 21.3. The number of guanidine groups is 1. The number of piperazine rings is 1. The van der Waals surface area contributed by atoms with Crippen molar-refractivity contribution in [2.45, 2.75) is 39.3 Å². The van der Waals surface area contributed by atoms with Crippen LogP contribution in [0.3, 0.4) is 0 Å². The fourth-order valence-corrected chi connectivity index (χ4v) is 3.39. The van der Waals surface area contributed by atoms with E-state index in [1.807, 2.05) is 20.8 Å². The third kappa shape index (κ3) is 4.99. The molecule has 24 heavy (non-hydrogen) atoms. The number of nitrogens with one attached hydrogen (secondary N) is 1. The molecule has 0 aliphatic carbocycles. The largest absolute Gasteiger partial charge is 0.444 e. The van der Waals surface area contributed by atoms with E-state index < -0.39 is 15.4 Å². The minimum atomic E-state index is -2.98. The third-order valence-electron chi connectivity index (χ3n) is 3.99. The summed E-state index contributed by atoms with van der Waals surface area (Å²) >= 11 is 0. The van der Waals surface area contributed by atoms with E-state index in [9.17, 15) is 13.2 Å². The molecular weight excluding hydrogens is 332 g/mol. The molecule has 0 aromatic carbocycles. The van der Waals surface area contributed by atoms with Gasteiger partial charge in [-0.05, 0) is 20.8 Å². The second kappa shape index (κ2) is 7.16. The summed E-state index contributed by atoms with van der Waals surface area (Å²) in [4.78, 5) is 20.4. The van der Waals surface area contributed by atoms with Crippen LogP contribution in [0.4, 0.5) is 4.79 Å². The Labute approximate surface area is 144 Å². The maximum Gasteiger partial charge on any atom is 0.410 e. The Morgan fingerprint density at radius 3 is 2.71 bits per heavy atom. The van der Waals surface area contributed by atoms with Gasteiger partial charge in [-0.3, -0.25) is 4.99 Å².